The number of halogens is 1. The first-order chi connectivity index (χ1) is 7.93. The van der Waals surface area contributed by atoms with Gasteiger partial charge in [-0.05, 0) is 18.6 Å². The fourth-order valence-corrected chi connectivity index (χ4v) is 2.25. The number of aliphatic hydroxyl groups is 1. The van der Waals surface area contributed by atoms with Gasteiger partial charge in [-0.15, -0.1) is 0 Å². The Morgan fingerprint density at radius 1 is 1.47 bits per heavy atom. The fraction of sp³-hybridized carbons (Fsp3) is 0.462. The number of carbonyl (C=O) groups excluding carboxylic acids is 1. The van der Waals surface area contributed by atoms with Crippen LogP contribution in [-0.2, 0) is 0 Å². The van der Waals surface area contributed by atoms with E-state index in [0.29, 0.717) is 17.0 Å². The number of benzene rings is 1. The van der Waals surface area contributed by atoms with Crippen molar-refractivity contribution >= 4 is 17.5 Å². The van der Waals surface area contributed by atoms with Gasteiger partial charge in [-0.3, -0.25) is 4.79 Å². The van der Waals surface area contributed by atoms with Crippen LogP contribution in [-0.4, -0.2) is 23.2 Å². The van der Waals surface area contributed by atoms with E-state index < -0.39 is 0 Å². The quantitative estimate of drug-likeness (QED) is 0.849. The molecule has 92 valence electrons. The van der Waals surface area contributed by atoms with Crippen LogP contribution in [0.3, 0.4) is 0 Å². The molecule has 17 heavy (non-hydrogen) atoms. The molecule has 1 aliphatic rings. The normalized spacial score (nSPS) is 26.1. The minimum atomic E-state index is -0.348. The Labute approximate surface area is 106 Å². The van der Waals surface area contributed by atoms with Gasteiger partial charge in [0, 0.05) is 11.5 Å². The standard InChI is InChI=1S/C13H16ClNO2/c1-13(2)10(7-11(13)16)15-12(17)8-5-3-4-6-9(8)14/h3-6,10-11,16H,7H2,1-2H3,(H,15,17). The van der Waals surface area contributed by atoms with Crippen LogP contribution in [0.1, 0.15) is 30.6 Å². The van der Waals surface area contributed by atoms with Crippen molar-refractivity contribution in [1.82, 2.24) is 5.32 Å². The van der Waals surface area contributed by atoms with Gasteiger partial charge in [0.05, 0.1) is 16.7 Å². The highest BCUT2D eigenvalue weighted by atomic mass is 35.5. The monoisotopic (exact) mass is 253 g/mol. The number of rotatable bonds is 2. The topological polar surface area (TPSA) is 49.3 Å². The summed E-state index contributed by atoms with van der Waals surface area (Å²) in [6, 6.07) is 6.95. The maximum Gasteiger partial charge on any atom is 0.253 e. The Hall–Kier alpha value is -1.06. The Kier molecular flexibility index (Phi) is 3.15. The predicted octanol–water partition coefficient (Wildman–Crippen LogP) is 2.23. The van der Waals surface area contributed by atoms with E-state index in [-0.39, 0.29) is 23.5 Å². The van der Waals surface area contributed by atoms with Gasteiger partial charge in [-0.1, -0.05) is 37.6 Å². The second kappa shape index (κ2) is 4.31. The predicted molar refractivity (Wildman–Crippen MR) is 67.1 cm³/mol. The molecule has 2 rings (SSSR count). The highest BCUT2D eigenvalue weighted by Crippen LogP contribution is 2.40. The zero-order valence-corrected chi connectivity index (χ0v) is 10.7. The SMILES string of the molecule is CC1(C)C(O)CC1NC(=O)c1ccccc1Cl. The zero-order valence-electron chi connectivity index (χ0n) is 9.90. The van der Waals surface area contributed by atoms with E-state index in [9.17, 15) is 9.90 Å². The van der Waals surface area contributed by atoms with E-state index in [0.717, 1.165) is 0 Å². The molecule has 2 atom stereocenters. The molecule has 0 saturated heterocycles. The Balaban J connectivity index is 2.07. The Morgan fingerprint density at radius 2 is 2.12 bits per heavy atom. The molecule has 1 aromatic rings. The van der Waals surface area contributed by atoms with E-state index in [4.69, 9.17) is 11.6 Å². The molecule has 0 radical (unpaired) electrons. The zero-order chi connectivity index (χ0) is 12.6. The number of aliphatic hydroxyl groups excluding tert-OH is 1. The summed E-state index contributed by atoms with van der Waals surface area (Å²) in [5.74, 6) is -0.180. The van der Waals surface area contributed by atoms with Crippen LogP contribution in [0.2, 0.25) is 5.02 Å². The van der Waals surface area contributed by atoms with Crippen LogP contribution in [0.4, 0.5) is 0 Å². The van der Waals surface area contributed by atoms with E-state index in [1.165, 1.54) is 0 Å². The van der Waals surface area contributed by atoms with Crippen molar-refractivity contribution < 1.29 is 9.90 Å². The lowest BCUT2D eigenvalue weighted by Crippen LogP contribution is -2.61. The van der Waals surface area contributed by atoms with Crippen LogP contribution >= 0.6 is 11.6 Å². The summed E-state index contributed by atoms with van der Waals surface area (Å²) < 4.78 is 0. The first-order valence-electron chi connectivity index (χ1n) is 5.66. The molecule has 0 aromatic heterocycles. The third-order valence-electron chi connectivity index (χ3n) is 3.64. The second-order valence-electron chi connectivity index (χ2n) is 5.08. The third kappa shape index (κ3) is 2.17. The number of amides is 1. The minimum absolute atomic E-state index is 0.00118. The smallest absolute Gasteiger partial charge is 0.253 e. The second-order valence-corrected chi connectivity index (χ2v) is 5.49. The molecule has 1 aliphatic carbocycles. The molecule has 0 spiro atoms. The molecule has 3 nitrogen and oxygen atoms in total. The highest BCUT2D eigenvalue weighted by Gasteiger charge is 2.48. The number of hydrogen-bond donors (Lipinski definition) is 2. The molecular weight excluding hydrogens is 238 g/mol. The van der Waals surface area contributed by atoms with Crippen molar-refractivity contribution in [1.29, 1.82) is 0 Å². The summed E-state index contributed by atoms with van der Waals surface area (Å²) in [6.07, 6.45) is 0.252. The molecular formula is C13H16ClNO2. The lowest BCUT2D eigenvalue weighted by Gasteiger charge is -2.49. The minimum Gasteiger partial charge on any atom is -0.392 e. The number of hydrogen-bond acceptors (Lipinski definition) is 2. The summed E-state index contributed by atoms with van der Waals surface area (Å²) in [6.45, 7) is 3.89. The molecule has 1 aromatic carbocycles. The summed E-state index contributed by atoms with van der Waals surface area (Å²) in [4.78, 5) is 12.0. The van der Waals surface area contributed by atoms with Crippen LogP contribution in [0, 0.1) is 5.41 Å². The summed E-state index contributed by atoms with van der Waals surface area (Å²) >= 11 is 5.95. The fourth-order valence-electron chi connectivity index (χ4n) is 2.03. The molecule has 1 fully saturated rings. The van der Waals surface area contributed by atoms with E-state index in [1.54, 1.807) is 24.3 Å². The van der Waals surface area contributed by atoms with Crippen molar-refractivity contribution in [3.63, 3.8) is 0 Å². The average Bonchev–Trinajstić information content (AvgIpc) is 2.29. The maximum atomic E-state index is 12.0. The third-order valence-corrected chi connectivity index (χ3v) is 3.97. The lowest BCUT2D eigenvalue weighted by atomic mass is 9.64. The van der Waals surface area contributed by atoms with Crippen LogP contribution in [0.5, 0.6) is 0 Å². The maximum absolute atomic E-state index is 12.0. The van der Waals surface area contributed by atoms with Crippen LogP contribution < -0.4 is 5.32 Å². The van der Waals surface area contributed by atoms with E-state index in [1.807, 2.05) is 13.8 Å². The first kappa shape index (κ1) is 12.4. The number of carbonyl (C=O) groups is 1. The van der Waals surface area contributed by atoms with Crippen molar-refractivity contribution in [3.05, 3.63) is 34.9 Å². The molecule has 0 bridgehead atoms. The molecule has 4 heteroatoms. The largest absolute Gasteiger partial charge is 0.392 e. The lowest BCUT2D eigenvalue weighted by molar-refractivity contribution is -0.0689. The van der Waals surface area contributed by atoms with E-state index >= 15 is 0 Å². The van der Waals surface area contributed by atoms with Gasteiger partial charge in [-0.2, -0.15) is 0 Å². The van der Waals surface area contributed by atoms with Gasteiger partial charge >= 0.3 is 0 Å². The molecule has 0 heterocycles. The Bertz CT molecular complexity index is 445. The van der Waals surface area contributed by atoms with E-state index in [2.05, 4.69) is 5.32 Å². The van der Waals surface area contributed by atoms with Gasteiger partial charge in [0.2, 0.25) is 0 Å². The van der Waals surface area contributed by atoms with Crippen molar-refractivity contribution in [2.45, 2.75) is 32.4 Å². The van der Waals surface area contributed by atoms with Gasteiger partial charge in [0.15, 0.2) is 0 Å². The first-order valence-corrected chi connectivity index (χ1v) is 6.04. The Morgan fingerprint density at radius 3 is 2.65 bits per heavy atom. The van der Waals surface area contributed by atoms with Gasteiger partial charge in [0.1, 0.15) is 0 Å². The van der Waals surface area contributed by atoms with Crippen molar-refractivity contribution in [2.24, 2.45) is 5.41 Å². The molecule has 2 unspecified atom stereocenters. The van der Waals surface area contributed by atoms with Gasteiger partial charge < -0.3 is 10.4 Å². The molecule has 2 N–H and O–H groups in total. The summed E-state index contributed by atoms with van der Waals surface area (Å²) in [5, 5.41) is 13.0. The molecule has 1 saturated carbocycles. The van der Waals surface area contributed by atoms with Crippen LogP contribution in [0.25, 0.3) is 0 Å². The number of nitrogens with one attached hydrogen (secondary N) is 1. The van der Waals surface area contributed by atoms with Gasteiger partial charge in [-0.25, -0.2) is 0 Å². The van der Waals surface area contributed by atoms with Crippen molar-refractivity contribution in [2.75, 3.05) is 0 Å². The van der Waals surface area contributed by atoms with Crippen molar-refractivity contribution in [3.8, 4) is 0 Å². The van der Waals surface area contributed by atoms with Gasteiger partial charge in [0.25, 0.3) is 5.91 Å². The molecule has 0 aliphatic heterocycles. The average molecular weight is 254 g/mol. The van der Waals surface area contributed by atoms with Crippen LogP contribution in [0.15, 0.2) is 24.3 Å². The highest BCUT2D eigenvalue weighted by molar-refractivity contribution is 6.33. The summed E-state index contributed by atoms with van der Waals surface area (Å²) in [7, 11) is 0. The molecule has 1 amide bonds. The summed E-state index contributed by atoms with van der Waals surface area (Å²) in [5.41, 5.74) is 0.211.